The van der Waals surface area contributed by atoms with E-state index in [1.54, 1.807) is 6.07 Å². The van der Waals surface area contributed by atoms with E-state index in [0.717, 1.165) is 18.4 Å². The van der Waals surface area contributed by atoms with E-state index in [0.29, 0.717) is 39.2 Å². The van der Waals surface area contributed by atoms with E-state index < -0.39 is 0 Å². The second-order valence-corrected chi connectivity index (χ2v) is 7.41. The third kappa shape index (κ3) is 5.32. The van der Waals surface area contributed by atoms with E-state index in [1.165, 1.54) is 0 Å². The highest BCUT2D eigenvalue weighted by Gasteiger charge is 2.16. The molecule has 7 heteroatoms. The van der Waals surface area contributed by atoms with Crippen molar-refractivity contribution in [1.29, 1.82) is 0 Å². The zero-order valence-electron chi connectivity index (χ0n) is 15.6. The first-order valence-corrected chi connectivity index (χ1v) is 9.92. The lowest BCUT2D eigenvalue weighted by molar-refractivity contribution is 0.0342. The van der Waals surface area contributed by atoms with Crippen molar-refractivity contribution < 1.29 is 9.47 Å². The van der Waals surface area contributed by atoms with Gasteiger partial charge in [-0.1, -0.05) is 25.4 Å². The van der Waals surface area contributed by atoms with E-state index in [2.05, 4.69) is 39.7 Å². The van der Waals surface area contributed by atoms with Crippen molar-refractivity contribution in [2.75, 3.05) is 5.73 Å². The Balaban J connectivity index is 2.27. The van der Waals surface area contributed by atoms with Gasteiger partial charge in [0.2, 0.25) is 0 Å². The molecular weight excluding hydrogens is 418 g/mol. The van der Waals surface area contributed by atoms with Gasteiger partial charge in [0.15, 0.2) is 0 Å². The van der Waals surface area contributed by atoms with Crippen molar-refractivity contribution in [3.8, 4) is 17.0 Å². The quantitative estimate of drug-likeness (QED) is 0.573. The van der Waals surface area contributed by atoms with Crippen molar-refractivity contribution in [1.82, 2.24) is 9.97 Å². The highest BCUT2D eigenvalue weighted by Crippen LogP contribution is 2.34. The number of hydrogen-bond donors (Lipinski definition) is 1. The Kier molecular flexibility index (Phi) is 7.68. The molecule has 0 atom stereocenters. The van der Waals surface area contributed by atoms with Crippen molar-refractivity contribution in [3.63, 3.8) is 0 Å². The highest BCUT2D eigenvalue weighted by molar-refractivity contribution is 9.10. The molecule has 0 unspecified atom stereocenters. The second-order valence-electron chi connectivity index (χ2n) is 6.25. The normalized spacial score (nSPS) is 11.4. The zero-order valence-corrected chi connectivity index (χ0v) is 17.9. The van der Waals surface area contributed by atoms with Gasteiger partial charge in [-0.15, -0.1) is 0 Å². The van der Waals surface area contributed by atoms with Crippen molar-refractivity contribution >= 4 is 33.3 Å². The predicted octanol–water partition coefficient (Wildman–Crippen LogP) is 5.63. The average Bonchev–Trinajstić information content (AvgIpc) is 2.58. The lowest BCUT2D eigenvalue weighted by Gasteiger charge is -2.15. The number of ether oxygens (including phenoxy) is 2. The molecule has 26 heavy (non-hydrogen) atoms. The molecule has 0 aliphatic heterocycles. The number of halogens is 2. The number of benzene rings is 1. The van der Waals surface area contributed by atoms with Crippen molar-refractivity contribution in [2.45, 2.75) is 59.4 Å². The fraction of sp³-hybridized carbons (Fsp3) is 0.474. The molecule has 1 aromatic carbocycles. The molecule has 142 valence electrons. The Morgan fingerprint density at radius 3 is 2.46 bits per heavy atom. The van der Waals surface area contributed by atoms with Gasteiger partial charge in [0.05, 0.1) is 23.8 Å². The van der Waals surface area contributed by atoms with Crippen LogP contribution >= 0.6 is 27.5 Å². The maximum Gasteiger partial charge on any atom is 0.148 e. The van der Waals surface area contributed by atoms with E-state index in [1.807, 2.05) is 26.0 Å². The first kappa shape index (κ1) is 20.9. The summed E-state index contributed by atoms with van der Waals surface area (Å²) < 4.78 is 12.1. The van der Waals surface area contributed by atoms with Crippen LogP contribution < -0.4 is 10.5 Å². The SMILES string of the molecule is CCC(CC)OCc1nc(Br)c(-c2ccc(OC(C)C)cc2Cl)nc1N. The number of anilines is 1. The summed E-state index contributed by atoms with van der Waals surface area (Å²) in [6, 6.07) is 5.48. The molecule has 0 fully saturated rings. The van der Waals surface area contributed by atoms with Crippen LogP contribution in [0.2, 0.25) is 5.02 Å². The van der Waals surface area contributed by atoms with Crippen LogP contribution in [0.1, 0.15) is 46.2 Å². The van der Waals surface area contributed by atoms with Gasteiger partial charge < -0.3 is 15.2 Å². The van der Waals surface area contributed by atoms with Gasteiger partial charge in [-0.25, -0.2) is 9.97 Å². The standard InChI is InChI=1S/C19H25BrClN3O2/c1-5-12(6-2)25-10-16-19(22)24-17(18(20)23-16)14-8-7-13(9-15(14)21)26-11(3)4/h7-9,11-12H,5-6,10H2,1-4H3,(H2,22,24). The molecule has 0 radical (unpaired) electrons. The first-order chi connectivity index (χ1) is 12.3. The summed E-state index contributed by atoms with van der Waals surface area (Å²) in [5.41, 5.74) is 8.04. The molecule has 0 spiro atoms. The van der Waals surface area contributed by atoms with Gasteiger partial charge in [-0.05, 0) is 60.8 Å². The number of aromatic nitrogens is 2. The van der Waals surface area contributed by atoms with Crippen LogP contribution in [0, 0.1) is 0 Å². The minimum atomic E-state index is 0.0773. The van der Waals surface area contributed by atoms with Crippen LogP contribution in [-0.4, -0.2) is 22.2 Å². The van der Waals surface area contributed by atoms with E-state index in [-0.39, 0.29) is 12.2 Å². The smallest absolute Gasteiger partial charge is 0.148 e. The van der Waals surface area contributed by atoms with E-state index in [4.69, 9.17) is 26.8 Å². The third-order valence-corrected chi connectivity index (χ3v) is 4.76. The number of hydrogen-bond acceptors (Lipinski definition) is 5. The summed E-state index contributed by atoms with van der Waals surface area (Å²) in [5, 5.41) is 0.526. The van der Waals surface area contributed by atoms with Crippen LogP contribution in [0.25, 0.3) is 11.3 Å². The first-order valence-electron chi connectivity index (χ1n) is 8.75. The summed E-state index contributed by atoms with van der Waals surface area (Å²) in [7, 11) is 0. The minimum Gasteiger partial charge on any atom is -0.491 e. The maximum absolute atomic E-state index is 6.42. The Morgan fingerprint density at radius 1 is 1.19 bits per heavy atom. The molecule has 2 rings (SSSR count). The van der Waals surface area contributed by atoms with Crippen LogP contribution in [0.5, 0.6) is 5.75 Å². The van der Waals surface area contributed by atoms with Gasteiger partial charge in [0, 0.05) is 5.56 Å². The van der Waals surface area contributed by atoms with Crippen LogP contribution in [0.15, 0.2) is 22.8 Å². The lowest BCUT2D eigenvalue weighted by atomic mass is 10.1. The average molecular weight is 443 g/mol. The van der Waals surface area contributed by atoms with Gasteiger partial charge in [-0.3, -0.25) is 0 Å². The summed E-state index contributed by atoms with van der Waals surface area (Å²) in [6.45, 7) is 8.45. The lowest BCUT2D eigenvalue weighted by Crippen LogP contribution is -2.13. The Bertz CT molecular complexity index is 752. The molecule has 0 aliphatic carbocycles. The van der Waals surface area contributed by atoms with Gasteiger partial charge >= 0.3 is 0 Å². The molecule has 0 amide bonds. The molecule has 2 N–H and O–H groups in total. The van der Waals surface area contributed by atoms with Crippen molar-refractivity contribution in [3.05, 3.63) is 33.5 Å². The largest absolute Gasteiger partial charge is 0.491 e. The molecule has 0 bridgehead atoms. The Labute approximate surface area is 168 Å². The summed E-state index contributed by atoms with van der Waals surface area (Å²) in [6.07, 6.45) is 2.17. The van der Waals surface area contributed by atoms with E-state index in [9.17, 15) is 0 Å². The fourth-order valence-corrected chi connectivity index (χ4v) is 3.27. The molecule has 0 aliphatic rings. The summed E-state index contributed by atoms with van der Waals surface area (Å²) in [5.74, 6) is 1.05. The summed E-state index contributed by atoms with van der Waals surface area (Å²) >= 11 is 9.90. The molecule has 1 heterocycles. The predicted molar refractivity (Wildman–Crippen MR) is 110 cm³/mol. The number of nitrogen functional groups attached to an aromatic ring is 1. The molecular formula is C19H25BrClN3O2. The molecule has 2 aromatic rings. The minimum absolute atomic E-state index is 0.0773. The van der Waals surface area contributed by atoms with Gasteiger partial charge in [0.25, 0.3) is 0 Å². The third-order valence-electron chi connectivity index (χ3n) is 3.89. The molecule has 0 saturated carbocycles. The number of rotatable bonds is 8. The second kappa shape index (κ2) is 9.53. The van der Waals surface area contributed by atoms with E-state index >= 15 is 0 Å². The van der Waals surface area contributed by atoms with Crippen LogP contribution in [0.4, 0.5) is 5.82 Å². The van der Waals surface area contributed by atoms with Gasteiger partial charge in [0.1, 0.15) is 27.6 Å². The number of nitrogens with two attached hydrogens (primary N) is 1. The summed E-state index contributed by atoms with van der Waals surface area (Å²) in [4.78, 5) is 9.00. The fourth-order valence-electron chi connectivity index (χ4n) is 2.49. The molecule has 0 saturated heterocycles. The number of nitrogens with zero attached hydrogens (tertiary/aromatic N) is 2. The molecule has 1 aromatic heterocycles. The topological polar surface area (TPSA) is 70.3 Å². The monoisotopic (exact) mass is 441 g/mol. The Hall–Kier alpha value is -1.37. The molecule has 5 nitrogen and oxygen atoms in total. The Morgan fingerprint density at radius 2 is 1.88 bits per heavy atom. The van der Waals surface area contributed by atoms with Crippen molar-refractivity contribution in [2.24, 2.45) is 0 Å². The van der Waals surface area contributed by atoms with Gasteiger partial charge in [-0.2, -0.15) is 0 Å². The van der Waals surface area contributed by atoms with Crippen LogP contribution in [-0.2, 0) is 11.3 Å². The maximum atomic E-state index is 6.42. The zero-order chi connectivity index (χ0) is 19.3. The highest BCUT2D eigenvalue weighted by atomic mass is 79.9. The van der Waals surface area contributed by atoms with Crippen LogP contribution in [0.3, 0.4) is 0 Å².